The second-order valence-electron chi connectivity index (χ2n) is 8.99. The Balaban J connectivity index is 1.82. The van der Waals surface area contributed by atoms with Gasteiger partial charge < -0.3 is 4.42 Å². The fraction of sp³-hybridized carbons (Fsp3) is 0.231. The summed E-state index contributed by atoms with van der Waals surface area (Å²) in [4.78, 5) is 4.31. The number of hydrogen-bond donors (Lipinski definition) is 0. The first kappa shape index (κ1) is 18.6. The van der Waals surface area contributed by atoms with E-state index in [1.165, 1.54) is 28.6 Å². The zero-order valence-electron chi connectivity index (χ0n) is 18.1. The molecule has 4 heteroatoms. The average molecular weight is 397 g/mol. The Labute approximate surface area is 176 Å². The van der Waals surface area contributed by atoms with Crippen molar-refractivity contribution in [1.29, 1.82) is 0 Å². The van der Waals surface area contributed by atoms with Gasteiger partial charge in [-0.05, 0) is 59.9 Å². The summed E-state index contributed by atoms with van der Waals surface area (Å²) in [5, 5.41) is 0. The summed E-state index contributed by atoms with van der Waals surface area (Å²) in [5.74, 6) is 1.12. The van der Waals surface area contributed by atoms with Gasteiger partial charge in [0.1, 0.15) is 11.2 Å². The zero-order valence-corrected chi connectivity index (χ0v) is 18.1. The summed E-state index contributed by atoms with van der Waals surface area (Å²) in [6, 6.07) is 21.6. The second-order valence-corrected chi connectivity index (χ2v) is 8.99. The predicted molar refractivity (Wildman–Crippen MR) is 121 cm³/mol. The van der Waals surface area contributed by atoms with Crippen LogP contribution >= 0.6 is 0 Å². The Hall–Kier alpha value is -3.40. The Bertz CT molecular complexity index is 1380. The molecule has 0 unspecified atom stereocenters. The van der Waals surface area contributed by atoms with Gasteiger partial charge in [0.05, 0.1) is 12.6 Å². The molecule has 0 fully saturated rings. The third-order valence-electron chi connectivity index (χ3n) is 5.92. The van der Waals surface area contributed by atoms with Crippen LogP contribution in [0, 0.1) is 6.92 Å². The minimum atomic E-state index is 0.124. The first-order valence-electron chi connectivity index (χ1n) is 10.3. The Morgan fingerprint density at radius 2 is 1.70 bits per heavy atom. The number of aryl methyl sites for hydroxylation is 2. The number of imidazole rings is 1. The average Bonchev–Trinajstić information content (AvgIpc) is 3.29. The van der Waals surface area contributed by atoms with Crippen molar-refractivity contribution in [2.75, 3.05) is 0 Å². The van der Waals surface area contributed by atoms with Crippen molar-refractivity contribution in [1.82, 2.24) is 9.55 Å². The highest BCUT2D eigenvalue weighted by molar-refractivity contribution is 5.84. The number of fused-ring (bicyclic) bond motifs is 2. The van der Waals surface area contributed by atoms with E-state index in [0.29, 0.717) is 0 Å². The van der Waals surface area contributed by atoms with E-state index in [1.807, 2.05) is 0 Å². The Kier molecular flexibility index (Phi) is 4.07. The monoisotopic (exact) mass is 396 g/mol. The van der Waals surface area contributed by atoms with Crippen LogP contribution < -0.4 is 4.57 Å². The summed E-state index contributed by atoms with van der Waals surface area (Å²) in [5.41, 5.74) is 8.95. The lowest BCUT2D eigenvalue weighted by Gasteiger charge is -2.18. The normalized spacial score (nSPS) is 12.2. The molecule has 30 heavy (non-hydrogen) atoms. The molecule has 0 bridgehead atoms. The van der Waals surface area contributed by atoms with Crippen molar-refractivity contribution in [2.45, 2.75) is 33.1 Å². The Morgan fingerprint density at radius 3 is 2.43 bits per heavy atom. The molecule has 5 aromatic rings. The van der Waals surface area contributed by atoms with Crippen molar-refractivity contribution in [3.8, 4) is 17.1 Å². The van der Waals surface area contributed by atoms with Crippen LogP contribution in [0.1, 0.15) is 31.9 Å². The van der Waals surface area contributed by atoms with Crippen molar-refractivity contribution >= 4 is 22.1 Å². The van der Waals surface area contributed by atoms with Crippen LogP contribution in [0.3, 0.4) is 0 Å². The van der Waals surface area contributed by atoms with E-state index >= 15 is 0 Å². The number of nitrogens with zero attached hydrogens (tertiary/aromatic N) is 3. The van der Waals surface area contributed by atoms with Gasteiger partial charge in [0.15, 0.2) is 23.0 Å². The number of oxazole rings is 1. The fourth-order valence-corrected chi connectivity index (χ4v) is 4.24. The molecule has 5 rings (SSSR count). The molecule has 150 valence electrons. The van der Waals surface area contributed by atoms with Gasteiger partial charge in [-0.25, -0.2) is 9.55 Å². The summed E-state index contributed by atoms with van der Waals surface area (Å²) < 4.78 is 10.2. The molecular formula is C26H26N3O+. The summed E-state index contributed by atoms with van der Waals surface area (Å²) in [7, 11) is 2.13. The molecule has 0 N–H and O–H groups in total. The van der Waals surface area contributed by atoms with Crippen molar-refractivity contribution in [2.24, 2.45) is 7.05 Å². The van der Waals surface area contributed by atoms with Crippen LogP contribution in [0.4, 0.5) is 0 Å². The van der Waals surface area contributed by atoms with Gasteiger partial charge in [0.2, 0.25) is 0 Å². The van der Waals surface area contributed by atoms with Gasteiger partial charge in [0, 0.05) is 0 Å². The van der Waals surface area contributed by atoms with Gasteiger partial charge in [-0.2, -0.15) is 4.57 Å². The third-order valence-corrected chi connectivity index (χ3v) is 5.92. The van der Waals surface area contributed by atoms with Crippen LogP contribution in [0.25, 0.3) is 39.2 Å². The maximum Gasteiger partial charge on any atom is 0.295 e. The van der Waals surface area contributed by atoms with E-state index < -0.39 is 0 Å². The smallest absolute Gasteiger partial charge is 0.295 e. The maximum atomic E-state index is 5.62. The number of para-hydroxylation sites is 2. The van der Waals surface area contributed by atoms with Gasteiger partial charge in [-0.3, -0.25) is 0 Å². The van der Waals surface area contributed by atoms with Gasteiger partial charge in [0.25, 0.3) is 5.82 Å². The minimum Gasteiger partial charge on any atom is -0.443 e. The number of aromatic nitrogens is 3. The molecule has 0 radical (unpaired) electrons. The van der Waals surface area contributed by atoms with Gasteiger partial charge in [-0.1, -0.05) is 45.0 Å². The zero-order chi connectivity index (χ0) is 21.0. The molecule has 2 heterocycles. The summed E-state index contributed by atoms with van der Waals surface area (Å²) >= 11 is 0. The van der Waals surface area contributed by atoms with E-state index in [4.69, 9.17) is 4.42 Å². The van der Waals surface area contributed by atoms with Crippen molar-refractivity contribution < 1.29 is 8.98 Å². The molecule has 0 spiro atoms. The standard InChI is InChI=1S/C26H26N3O/c1-17-14-21-24(30-16-27-21)15-20(17)25-28(5)22-8-6-7-9-23(22)29(25)19-12-10-18(11-13-19)26(2,3)4/h6-16H,1-5H3/q+1. The summed E-state index contributed by atoms with van der Waals surface area (Å²) in [6.45, 7) is 8.87. The second kappa shape index (κ2) is 6.56. The molecular weight excluding hydrogens is 370 g/mol. The number of rotatable bonds is 2. The largest absolute Gasteiger partial charge is 0.443 e. The molecule has 0 aliphatic heterocycles. The molecule has 0 amide bonds. The minimum absolute atomic E-state index is 0.124. The molecule has 0 saturated carbocycles. The van der Waals surface area contributed by atoms with Crippen LogP contribution in [0.15, 0.2) is 71.5 Å². The first-order chi connectivity index (χ1) is 14.3. The summed E-state index contributed by atoms with van der Waals surface area (Å²) in [6.07, 6.45) is 1.51. The van der Waals surface area contributed by atoms with Gasteiger partial charge in [-0.15, -0.1) is 0 Å². The SMILES string of the molecule is Cc1cc2ncoc2cc1-c1n(-c2ccc(C(C)(C)C)cc2)c2ccccc2[n+]1C. The molecule has 4 nitrogen and oxygen atoms in total. The molecule has 0 aliphatic carbocycles. The first-order valence-corrected chi connectivity index (χ1v) is 10.3. The van der Waals surface area contributed by atoms with E-state index in [1.54, 1.807) is 0 Å². The molecule has 0 aliphatic rings. The number of hydrogen-bond acceptors (Lipinski definition) is 2. The van der Waals surface area contributed by atoms with Crippen LogP contribution in [-0.4, -0.2) is 9.55 Å². The van der Waals surface area contributed by atoms with Crippen LogP contribution in [-0.2, 0) is 12.5 Å². The quantitative estimate of drug-likeness (QED) is 0.350. The lowest BCUT2D eigenvalue weighted by atomic mass is 9.87. The van der Waals surface area contributed by atoms with Gasteiger partial charge >= 0.3 is 0 Å². The van der Waals surface area contributed by atoms with E-state index in [0.717, 1.165) is 28.2 Å². The van der Waals surface area contributed by atoms with E-state index in [9.17, 15) is 0 Å². The Morgan fingerprint density at radius 1 is 0.967 bits per heavy atom. The highest BCUT2D eigenvalue weighted by atomic mass is 16.3. The predicted octanol–water partition coefficient (Wildman–Crippen LogP) is 5.87. The van der Waals surface area contributed by atoms with Crippen LogP contribution in [0.5, 0.6) is 0 Å². The fourth-order valence-electron chi connectivity index (χ4n) is 4.24. The van der Waals surface area contributed by atoms with E-state index in [-0.39, 0.29) is 5.41 Å². The molecule has 2 aromatic heterocycles. The number of benzene rings is 3. The van der Waals surface area contributed by atoms with Crippen molar-refractivity contribution in [3.05, 3.63) is 78.2 Å². The molecule has 3 aromatic carbocycles. The third kappa shape index (κ3) is 2.83. The molecule has 0 saturated heterocycles. The van der Waals surface area contributed by atoms with E-state index in [2.05, 4.69) is 110 Å². The van der Waals surface area contributed by atoms with Crippen molar-refractivity contribution in [3.63, 3.8) is 0 Å². The lowest BCUT2D eigenvalue weighted by molar-refractivity contribution is -0.633. The highest BCUT2D eigenvalue weighted by Gasteiger charge is 2.28. The lowest BCUT2D eigenvalue weighted by Crippen LogP contribution is -2.30. The van der Waals surface area contributed by atoms with Crippen LogP contribution in [0.2, 0.25) is 0 Å². The maximum absolute atomic E-state index is 5.62. The molecule has 0 atom stereocenters. The highest BCUT2D eigenvalue weighted by Crippen LogP contribution is 2.32. The topological polar surface area (TPSA) is 34.8 Å².